The van der Waals surface area contributed by atoms with E-state index in [9.17, 15) is 4.79 Å². The standard InChI is InChI=1S/C24H32N4O3/c1-30-21-7-5-19(6-8-21)23(28-11-3-2-4-12-28)18-26-24(29)22-17-20(9-10-25-22)27-13-15-31-16-14-27/h5-10,17,23H,2-4,11-16,18H2,1H3,(H,26,29). The van der Waals surface area contributed by atoms with Crippen molar-refractivity contribution in [3.63, 3.8) is 0 Å². The van der Waals surface area contributed by atoms with Crippen LogP contribution in [0.5, 0.6) is 5.75 Å². The SMILES string of the molecule is COc1ccc(C(CNC(=O)c2cc(N3CCOCC3)ccn2)N2CCCCC2)cc1. The number of nitrogens with zero attached hydrogens (tertiary/aromatic N) is 3. The lowest BCUT2D eigenvalue weighted by Crippen LogP contribution is -2.41. The number of amides is 1. The number of hydrogen-bond donors (Lipinski definition) is 1. The number of nitrogens with one attached hydrogen (secondary N) is 1. The number of pyridine rings is 1. The number of anilines is 1. The third kappa shape index (κ3) is 5.54. The number of hydrogen-bond acceptors (Lipinski definition) is 6. The quantitative estimate of drug-likeness (QED) is 0.737. The van der Waals surface area contributed by atoms with E-state index in [-0.39, 0.29) is 11.9 Å². The van der Waals surface area contributed by atoms with Crippen LogP contribution < -0.4 is 15.0 Å². The summed E-state index contributed by atoms with van der Waals surface area (Å²) in [4.78, 5) is 22.0. The van der Waals surface area contributed by atoms with Crippen LogP contribution in [0.2, 0.25) is 0 Å². The van der Waals surface area contributed by atoms with Crippen LogP contribution >= 0.6 is 0 Å². The first-order valence-electron chi connectivity index (χ1n) is 11.2. The minimum absolute atomic E-state index is 0.134. The maximum absolute atomic E-state index is 12.9. The third-order valence-electron chi connectivity index (χ3n) is 6.14. The summed E-state index contributed by atoms with van der Waals surface area (Å²) >= 11 is 0. The first kappa shape index (κ1) is 21.6. The maximum atomic E-state index is 12.9. The van der Waals surface area contributed by atoms with Crippen molar-refractivity contribution in [1.82, 2.24) is 15.2 Å². The van der Waals surface area contributed by atoms with E-state index in [2.05, 4.69) is 32.2 Å². The first-order valence-corrected chi connectivity index (χ1v) is 11.2. The minimum Gasteiger partial charge on any atom is -0.497 e. The molecular weight excluding hydrogens is 392 g/mol. The smallest absolute Gasteiger partial charge is 0.270 e. The highest BCUT2D eigenvalue weighted by Gasteiger charge is 2.23. The van der Waals surface area contributed by atoms with Crippen LogP contribution in [-0.2, 0) is 4.74 Å². The van der Waals surface area contributed by atoms with E-state index in [0.717, 1.165) is 37.6 Å². The summed E-state index contributed by atoms with van der Waals surface area (Å²) < 4.78 is 10.7. The lowest BCUT2D eigenvalue weighted by Gasteiger charge is -2.35. The molecule has 1 unspecified atom stereocenters. The van der Waals surface area contributed by atoms with Crippen molar-refractivity contribution in [2.45, 2.75) is 25.3 Å². The molecule has 0 bridgehead atoms. The van der Waals surface area contributed by atoms with Crippen molar-refractivity contribution in [2.75, 3.05) is 57.9 Å². The first-order chi connectivity index (χ1) is 15.2. The molecule has 1 amide bonds. The van der Waals surface area contributed by atoms with Gasteiger partial charge in [0.25, 0.3) is 5.91 Å². The van der Waals surface area contributed by atoms with Crippen LogP contribution in [0.25, 0.3) is 0 Å². The van der Waals surface area contributed by atoms with Gasteiger partial charge in [0.2, 0.25) is 0 Å². The summed E-state index contributed by atoms with van der Waals surface area (Å²) in [5.74, 6) is 0.708. The molecule has 0 radical (unpaired) electrons. The van der Waals surface area contributed by atoms with E-state index in [4.69, 9.17) is 9.47 Å². The molecule has 3 heterocycles. The van der Waals surface area contributed by atoms with Gasteiger partial charge in [-0.3, -0.25) is 14.7 Å². The van der Waals surface area contributed by atoms with Gasteiger partial charge < -0.3 is 19.7 Å². The number of carbonyl (C=O) groups excluding carboxylic acids is 1. The molecule has 2 saturated heterocycles. The minimum atomic E-state index is -0.134. The molecule has 1 aromatic heterocycles. The average molecular weight is 425 g/mol. The molecule has 1 atom stereocenters. The predicted molar refractivity (Wildman–Crippen MR) is 121 cm³/mol. The molecular formula is C24H32N4O3. The normalized spacial score (nSPS) is 18.4. The second kappa shape index (κ2) is 10.6. The Morgan fingerprint density at radius 3 is 2.55 bits per heavy atom. The molecule has 2 aliphatic heterocycles. The van der Waals surface area contributed by atoms with Gasteiger partial charge in [-0.05, 0) is 55.8 Å². The Hall–Kier alpha value is -2.64. The van der Waals surface area contributed by atoms with Crippen LogP contribution in [0, 0.1) is 0 Å². The van der Waals surface area contributed by atoms with Gasteiger partial charge in [-0.15, -0.1) is 0 Å². The maximum Gasteiger partial charge on any atom is 0.270 e. The van der Waals surface area contributed by atoms with Crippen LogP contribution in [-0.4, -0.2) is 68.8 Å². The van der Waals surface area contributed by atoms with Crippen molar-refractivity contribution < 1.29 is 14.3 Å². The van der Waals surface area contributed by atoms with Gasteiger partial charge >= 0.3 is 0 Å². The number of carbonyl (C=O) groups is 1. The van der Waals surface area contributed by atoms with Gasteiger partial charge in [-0.2, -0.15) is 0 Å². The van der Waals surface area contributed by atoms with Gasteiger partial charge in [-0.1, -0.05) is 18.6 Å². The number of aromatic nitrogens is 1. The van der Waals surface area contributed by atoms with Crippen LogP contribution in [0.4, 0.5) is 5.69 Å². The van der Waals surface area contributed by atoms with E-state index in [1.807, 2.05) is 24.3 Å². The summed E-state index contributed by atoms with van der Waals surface area (Å²) in [7, 11) is 1.68. The van der Waals surface area contributed by atoms with Crippen molar-refractivity contribution in [3.05, 3.63) is 53.9 Å². The van der Waals surface area contributed by atoms with Crippen LogP contribution in [0.15, 0.2) is 42.6 Å². The molecule has 4 rings (SSSR count). The summed E-state index contributed by atoms with van der Waals surface area (Å²) in [6.07, 6.45) is 5.38. The predicted octanol–water partition coefficient (Wildman–Crippen LogP) is 2.88. The van der Waals surface area contributed by atoms with E-state index in [1.54, 1.807) is 13.3 Å². The molecule has 1 N–H and O–H groups in total. The molecule has 2 fully saturated rings. The Labute approximate surface area is 184 Å². The number of ether oxygens (including phenoxy) is 2. The highest BCUT2D eigenvalue weighted by molar-refractivity contribution is 5.93. The topological polar surface area (TPSA) is 66.9 Å². The molecule has 31 heavy (non-hydrogen) atoms. The van der Waals surface area contributed by atoms with E-state index in [0.29, 0.717) is 25.5 Å². The van der Waals surface area contributed by atoms with Crippen molar-refractivity contribution in [2.24, 2.45) is 0 Å². The highest BCUT2D eigenvalue weighted by Crippen LogP contribution is 2.26. The fraction of sp³-hybridized carbons (Fsp3) is 0.500. The van der Waals surface area contributed by atoms with Gasteiger partial charge in [-0.25, -0.2) is 0 Å². The second-order valence-corrected chi connectivity index (χ2v) is 8.09. The van der Waals surface area contributed by atoms with Crippen molar-refractivity contribution in [1.29, 1.82) is 0 Å². The number of rotatable bonds is 7. The van der Waals surface area contributed by atoms with Gasteiger partial charge in [0, 0.05) is 31.5 Å². The molecule has 166 valence electrons. The average Bonchev–Trinajstić information content (AvgIpc) is 2.85. The molecule has 0 aliphatic carbocycles. The molecule has 2 aromatic rings. The zero-order valence-electron chi connectivity index (χ0n) is 18.3. The number of piperidine rings is 1. The number of benzene rings is 1. The van der Waals surface area contributed by atoms with Crippen molar-refractivity contribution >= 4 is 11.6 Å². The van der Waals surface area contributed by atoms with Crippen LogP contribution in [0.1, 0.15) is 41.4 Å². The molecule has 7 heteroatoms. The monoisotopic (exact) mass is 424 g/mol. The lowest BCUT2D eigenvalue weighted by molar-refractivity contribution is 0.0919. The summed E-state index contributed by atoms with van der Waals surface area (Å²) in [6.45, 7) is 5.74. The Morgan fingerprint density at radius 2 is 1.84 bits per heavy atom. The molecule has 0 saturated carbocycles. The van der Waals surface area contributed by atoms with Crippen molar-refractivity contribution in [3.8, 4) is 5.75 Å². The van der Waals surface area contributed by atoms with E-state index < -0.39 is 0 Å². The third-order valence-corrected chi connectivity index (χ3v) is 6.14. The van der Waals surface area contributed by atoms with E-state index in [1.165, 1.54) is 24.8 Å². The number of likely N-dealkylation sites (tertiary alicyclic amines) is 1. The summed E-state index contributed by atoms with van der Waals surface area (Å²) in [6, 6.07) is 12.1. The Kier molecular flexibility index (Phi) is 7.38. The zero-order chi connectivity index (χ0) is 21.5. The Morgan fingerprint density at radius 1 is 1.10 bits per heavy atom. The summed E-state index contributed by atoms with van der Waals surface area (Å²) in [5, 5.41) is 3.14. The molecule has 7 nitrogen and oxygen atoms in total. The van der Waals surface area contributed by atoms with E-state index >= 15 is 0 Å². The molecule has 2 aliphatic rings. The lowest BCUT2D eigenvalue weighted by atomic mass is 10.0. The fourth-order valence-corrected chi connectivity index (χ4v) is 4.36. The molecule has 1 aromatic carbocycles. The fourth-order valence-electron chi connectivity index (χ4n) is 4.36. The number of methoxy groups -OCH3 is 1. The second-order valence-electron chi connectivity index (χ2n) is 8.09. The zero-order valence-corrected chi connectivity index (χ0v) is 18.3. The number of morpholine rings is 1. The van der Waals surface area contributed by atoms with Gasteiger partial charge in [0.15, 0.2) is 0 Å². The van der Waals surface area contributed by atoms with Crippen LogP contribution in [0.3, 0.4) is 0 Å². The Bertz CT molecular complexity index is 846. The van der Waals surface area contributed by atoms with Gasteiger partial charge in [0.1, 0.15) is 11.4 Å². The highest BCUT2D eigenvalue weighted by atomic mass is 16.5. The molecule has 0 spiro atoms. The van der Waals surface area contributed by atoms with Gasteiger partial charge in [0.05, 0.1) is 26.4 Å². The summed E-state index contributed by atoms with van der Waals surface area (Å²) in [5.41, 5.74) is 2.67. The Balaban J connectivity index is 1.45. The largest absolute Gasteiger partial charge is 0.497 e.